The molecule has 0 aliphatic rings. The highest BCUT2D eigenvalue weighted by molar-refractivity contribution is 6.07. The molecule has 0 radical (unpaired) electrons. The van der Waals surface area contributed by atoms with Crippen LogP contribution in [-0.2, 0) is 6.54 Å². The van der Waals surface area contributed by atoms with E-state index in [2.05, 4.69) is 11.4 Å². The molecule has 4 aromatic rings. The maximum absolute atomic E-state index is 12.6. The summed E-state index contributed by atoms with van der Waals surface area (Å²) >= 11 is 0. The molecule has 0 unspecified atom stereocenters. The summed E-state index contributed by atoms with van der Waals surface area (Å²) in [7, 11) is 0. The average Bonchev–Trinajstić information content (AvgIpc) is 3.00. The third-order valence-corrected chi connectivity index (χ3v) is 4.25. The van der Waals surface area contributed by atoms with Gasteiger partial charge >= 0.3 is 0 Å². The number of carbonyl (C=O) groups is 1. The Balaban J connectivity index is 1.57. The van der Waals surface area contributed by atoms with Crippen LogP contribution in [0.1, 0.15) is 21.7 Å². The number of aromatic hydroxyl groups is 1. The quantitative estimate of drug-likeness (QED) is 0.580. The molecule has 0 spiro atoms. The first-order valence-corrected chi connectivity index (χ1v) is 8.09. The summed E-state index contributed by atoms with van der Waals surface area (Å²) in [5.74, 6) is 0.724. The lowest BCUT2D eigenvalue weighted by molar-refractivity contribution is 0.0950. The number of furan rings is 1. The Morgan fingerprint density at radius 3 is 2.80 bits per heavy atom. The zero-order valence-electron chi connectivity index (χ0n) is 13.7. The van der Waals surface area contributed by atoms with Crippen molar-refractivity contribution < 1.29 is 14.3 Å². The molecule has 3 aromatic carbocycles. The highest BCUT2D eigenvalue weighted by Crippen LogP contribution is 2.24. The van der Waals surface area contributed by atoms with E-state index in [1.165, 1.54) is 5.56 Å². The van der Waals surface area contributed by atoms with Gasteiger partial charge in [-0.15, -0.1) is 0 Å². The van der Waals surface area contributed by atoms with Crippen LogP contribution in [0.5, 0.6) is 5.75 Å². The molecule has 1 heterocycles. The Bertz CT molecular complexity index is 1090. The fourth-order valence-corrected chi connectivity index (χ4v) is 3.04. The lowest BCUT2D eigenvalue weighted by Gasteiger charge is -2.07. The topological polar surface area (TPSA) is 62.5 Å². The van der Waals surface area contributed by atoms with Crippen LogP contribution in [-0.4, -0.2) is 11.0 Å². The van der Waals surface area contributed by atoms with Gasteiger partial charge < -0.3 is 14.8 Å². The lowest BCUT2D eigenvalue weighted by Crippen LogP contribution is -2.22. The normalized spacial score (nSPS) is 11.1. The van der Waals surface area contributed by atoms with Gasteiger partial charge in [0.2, 0.25) is 0 Å². The van der Waals surface area contributed by atoms with E-state index in [-0.39, 0.29) is 11.7 Å². The Labute approximate surface area is 144 Å². The fourth-order valence-electron chi connectivity index (χ4n) is 3.04. The van der Waals surface area contributed by atoms with Gasteiger partial charge in [0.05, 0.1) is 6.54 Å². The number of nitrogens with one attached hydrogen (secondary N) is 1. The smallest absolute Gasteiger partial charge is 0.252 e. The molecular weight excluding hydrogens is 314 g/mol. The third-order valence-electron chi connectivity index (χ3n) is 4.25. The number of amides is 1. The monoisotopic (exact) mass is 331 g/mol. The predicted octanol–water partition coefficient (Wildman–Crippen LogP) is 4.53. The molecule has 4 heteroatoms. The van der Waals surface area contributed by atoms with E-state index >= 15 is 0 Å². The second kappa shape index (κ2) is 5.98. The highest BCUT2D eigenvalue weighted by atomic mass is 16.3. The van der Waals surface area contributed by atoms with Crippen LogP contribution in [0, 0.1) is 6.92 Å². The highest BCUT2D eigenvalue weighted by Gasteiger charge is 2.11. The van der Waals surface area contributed by atoms with Crippen LogP contribution < -0.4 is 5.32 Å². The molecule has 2 N–H and O–H groups in total. The van der Waals surface area contributed by atoms with Crippen molar-refractivity contribution in [3.63, 3.8) is 0 Å². The summed E-state index contributed by atoms with van der Waals surface area (Å²) < 4.78 is 5.76. The van der Waals surface area contributed by atoms with Gasteiger partial charge in [-0.25, -0.2) is 0 Å². The molecular formula is C21H17NO3. The van der Waals surface area contributed by atoms with Crippen LogP contribution in [0.4, 0.5) is 0 Å². The molecule has 1 aromatic heterocycles. The lowest BCUT2D eigenvalue weighted by atomic mass is 10.0. The molecule has 0 fully saturated rings. The van der Waals surface area contributed by atoms with Crippen molar-refractivity contribution in [1.82, 2.24) is 5.32 Å². The minimum atomic E-state index is -0.173. The van der Waals surface area contributed by atoms with Crippen molar-refractivity contribution in [2.75, 3.05) is 0 Å². The number of aryl methyl sites for hydroxylation is 1. The number of phenolic OH excluding ortho intramolecular Hbond substituents is 1. The number of fused-ring (bicyclic) bond motifs is 2. The summed E-state index contributed by atoms with van der Waals surface area (Å²) in [4.78, 5) is 12.6. The molecule has 0 bridgehead atoms. The number of carbonyl (C=O) groups excluding carboxylic acids is 1. The van der Waals surface area contributed by atoms with Crippen molar-refractivity contribution in [2.24, 2.45) is 0 Å². The Morgan fingerprint density at radius 2 is 1.92 bits per heavy atom. The van der Waals surface area contributed by atoms with Crippen molar-refractivity contribution in [2.45, 2.75) is 13.5 Å². The fraction of sp³-hybridized carbons (Fsp3) is 0.0952. The minimum absolute atomic E-state index is 0.173. The van der Waals surface area contributed by atoms with Crippen LogP contribution in [0.25, 0.3) is 21.7 Å². The summed E-state index contributed by atoms with van der Waals surface area (Å²) in [6.45, 7) is 2.35. The number of benzene rings is 3. The maximum atomic E-state index is 12.6. The summed E-state index contributed by atoms with van der Waals surface area (Å²) in [6.07, 6.45) is 0. The molecule has 1 amide bonds. The molecule has 0 saturated heterocycles. The molecule has 0 aliphatic carbocycles. The van der Waals surface area contributed by atoms with Crippen molar-refractivity contribution in [1.29, 1.82) is 0 Å². The zero-order chi connectivity index (χ0) is 17.4. The van der Waals surface area contributed by atoms with E-state index in [1.807, 2.05) is 31.2 Å². The molecule has 0 saturated carbocycles. The van der Waals surface area contributed by atoms with Gasteiger partial charge in [0.25, 0.3) is 5.91 Å². The SMILES string of the molecule is Cc1ccc2oc(CNC(=O)c3cccc4cc(O)ccc34)cc2c1. The van der Waals surface area contributed by atoms with Gasteiger partial charge in [-0.05, 0) is 60.2 Å². The third kappa shape index (κ3) is 2.94. The molecule has 4 nitrogen and oxygen atoms in total. The number of hydrogen-bond donors (Lipinski definition) is 2. The summed E-state index contributed by atoms with van der Waals surface area (Å²) in [5, 5.41) is 15.2. The van der Waals surface area contributed by atoms with Gasteiger partial charge in [-0.2, -0.15) is 0 Å². The first kappa shape index (κ1) is 15.3. The van der Waals surface area contributed by atoms with Crippen molar-refractivity contribution in [3.05, 3.63) is 77.6 Å². The van der Waals surface area contributed by atoms with E-state index in [0.717, 1.165) is 21.7 Å². The van der Waals surface area contributed by atoms with Gasteiger partial charge in [0.15, 0.2) is 0 Å². The van der Waals surface area contributed by atoms with Gasteiger partial charge in [-0.3, -0.25) is 4.79 Å². The predicted molar refractivity (Wildman–Crippen MR) is 97.7 cm³/mol. The summed E-state index contributed by atoms with van der Waals surface area (Å²) in [5.41, 5.74) is 2.56. The van der Waals surface area contributed by atoms with Gasteiger partial charge in [0.1, 0.15) is 17.1 Å². The van der Waals surface area contributed by atoms with E-state index < -0.39 is 0 Å². The average molecular weight is 331 g/mol. The van der Waals surface area contributed by atoms with Gasteiger partial charge in [-0.1, -0.05) is 23.8 Å². The molecule has 0 atom stereocenters. The second-order valence-corrected chi connectivity index (χ2v) is 6.15. The van der Waals surface area contributed by atoms with Crippen molar-refractivity contribution >= 4 is 27.6 Å². The van der Waals surface area contributed by atoms with Crippen LogP contribution >= 0.6 is 0 Å². The Kier molecular flexibility index (Phi) is 3.65. The Morgan fingerprint density at radius 1 is 1.04 bits per heavy atom. The van der Waals surface area contributed by atoms with Crippen molar-refractivity contribution in [3.8, 4) is 5.75 Å². The first-order chi connectivity index (χ1) is 12.1. The zero-order valence-corrected chi connectivity index (χ0v) is 13.7. The maximum Gasteiger partial charge on any atom is 0.252 e. The van der Waals surface area contributed by atoms with E-state index in [1.54, 1.807) is 30.3 Å². The van der Waals surface area contributed by atoms with Crippen LogP contribution in [0.15, 0.2) is 65.1 Å². The molecule has 25 heavy (non-hydrogen) atoms. The van der Waals surface area contributed by atoms with Crippen LogP contribution in [0.3, 0.4) is 0 Å². The number of phenols is 1. The number of hydrogen-bond acceptors (Lipinski definition) is 3. The Hall–Kier alpha value is -3.27. The standard InChI is InChI=1S/C21H17NO3/c1-13-5-8-20-15(9-13)11-17(25-20)12-22-21(24)19-4-2-3-14-10-16(23)6-7-18(14)19/h2-11,23H,12H2,1H3,(H,22,24). The molecule has 4 rings (SSSR count). The molecule has 0 aliphatic heterocycles. The van der Waals surface area contributed by atoms with E-state index in [9.17, 15) is 9.90 Å². The second-order valence-electron chi connectivity index (χ2n) is 6.15. The largest absolute Gasteiger partial charge is 0.508 e. The van der Waals surface area contributed by atoms with E-state index in [0.29, 0.717) is 17.9 Å². The first-order valence-electron chi connectivity index (χ1n) is 8.09. The summed E-state index contributed by atoms with van der Waals surface area (Å²) in [6, 6.07) is 18.4. The number of rotatable bonds is 3. The van der Waals surface area contributed by atoms with E-state index in [4.69, 9.17) is 4.42 Å². The molecule has 124 valence electrons. The van der Waals surface area contributed by atoms with Crippen LogP contribution in [0.2, 0.25) is 0 Å². The van der Waals surface area contributed by atoms with Gasteiger partial charge in [0, 0.05) is 10.9 Å². The minimum Gasteiger partial charge on any atom is -0.508 e.